The van der Waals surface area contributed by atoms with Crippen molar-refractivity contribution in [2.45, 2.75) is 12.8 Å². The molecule has 4 heterocycles. The van der Waals surface area contributed by atoms with Crippen LogP contribution in [0.25, 0.3) is 115 Å². The van der Waals surface area contributed by atoms with E-state index in [1.54, 1.807) is 0 Å². The molecule has 0 radical (unpaired) electrons. The molecule has 0 atom stereocenters. The van der Waals surface area contributed by atoms with Crippen molar-refractivity contribution in [1.29, 1.82) is 0 Å². The lowest BCUT2D eigenvalue weighted by Crippen LogP contribution is -2.03. The minimum absolute atomic E-state index is 0.917. The fraction of sp³-hybridized carbons (Fsp3) is 0.0370. The fourth-order valence-electron chi connectivity index (χ4n) is 9.99. The standard InChI is InChI=1S/C54H34N2OS/c1-2-15-33(16-3-1)55-45-25-8-4-19-41(45)51-37(21-13-27-47(51)55)38-22-14-28-48-52(38)42-20-5-9-26-46(42)56(48)34-31-43-36-18-7-11-30-50(36)58-54(43)44(32-34)40-24-12-23-39-35-17-6-10-29-49(35)57-53(39)40/h1-8,10-25,27-32H,9,26H2. The zero-order valence-electron chi connectivity index (χ0n) is 31.4. The van der Waals surface area contributed by atoms with Gasteiger partial charge in [-0.05, 0) is 78.6 Å². The van der Waals surface area contributed by atoms with Gasteiger partial charge in [-0.1, -0.05) is 127 Å². The summed E-state index contributed by atoms with van der Waals surface area (Å²) in [4.78, 5) is 0. The molecule has 0 aliphatic heterocycles. The van der Waals surface area contributed by atoms with Gasteiger partial charge in [0.05, 0.1) is 16.6 Å². The van der Waals surface area contributed by atoms with Gasteiger partial charge in [0.1, 0.15) is 11.2 Å². The molecule has 1 aliphatic carbocycles. The summed E-state index contributed by atoms with van der Waals surface area (Å²) in [6.45, 7) is 0. The molecule has 0 saturated heterocycles. The number of rotatable bonds is 4. The Bertz CT molecular complexity index is 3680. The van der Waals surface area contributed by atoms with E-state index >= 15 is 0 Å². The normalized spacial score (nSPS) is 13.0. The zero-order chi connectivity index (χ0) is 37.9. The monoisotopic (exact) mass is 758 g/mol. The second-order valence-corrected chi connectivity index (χ2v) is 16.5. The number of fused-ring (bicyclic) bond motifs is 12. The molecule has 4 heteroatoms. The molecule has 4 aromatic heterocycles. The average Bonchev–Trinajstić information content (AvgIpc) is 4.04. The Morgan fingerprint density at radius 3 is 2.02 bits per heavy atom. The van der Waals surface area contributed by atoms with E-state index < -0.39 is 0 Å². The number of aromatic nitrogens is 2. The molecule has 58 heavy (non-hydrogen) atoms. The van der Waals surface area contributed by atoms with E-state index in [1.807, 2.05) is 11.3 Å². The molecular formula is C54H34N2OS. The van der Waals surface area contributed by atoms with Crippen LogP contribution < -0.4 is 0 Å². The van der Waals surface area contributed by atoms with Gasteiger partial charge in [0.25, 0.3) is 0 Å². The smallest absolute Gasteiger partial charge is 0.143 e. The Morgan fingerprint density at radius 2 is 1.14 bits per heavy atom. The Hall–Kier alpha value is -7.14. The highest BCUT2D eigenvalue weighted by Crippen LogP contribution is 2.48. The molecule has 8 aromatic carbocycles. The SMILES string of the molecule is C1=Cc2c(n(-c3cc(-c4cccc5c4oc4ccccc45)c4sc5ccccc5c4c3)c3cccc(-c4cccc5c4c4ccccc4n5-c4ccccc4)c23)CC1. The third kappa shape index (κ3) is 4.43. The molecule has 0 bridgehead atoms. The molecule has 0 saturated carbocycles. The Kier molecular flexibility index (Phi) is 6.72. The van der Waals surface area contributed by atoms with E-state index in [-0.39, 0.29) is 0 Å². The van der Waals surface area contributed by atoms with Crippen molar-refractivity contribution in [2.24, 2.45) is 0 Å². The van der Waals surface area contributed by atoms with E-state index in [0.717, 1.165) is 40.3 Å². The van der Waals surface area contributed by atoms with Crippen LogP contribution >= 0.6 is 11.3 Å². The predicted octanol–water partition coefficient (Wildman–Crippen LogP) is 15.3. The van der Waals surface area contributed by atoms with Crippen molar-refractivity contribution in [3.05, 3.63) is 187 Å². The van der Waals surface area contributed by atoms with Gasteiger partial charge in [-0.3, -0.25) is 0 Å². The van der Waals surface area contributed by atoms with Crippen LogP contribution in [0.1, 0.15) is 17.7 Å². The summed E-state index contributed by atoms with van der Waals surface area (Å²) in [5.41, 5.74) is 15.4. The second-order valence-electron chi connectivity index (χ2n) is 15.5. The maximum atomic E-state index is 6.70. The van der Waals surface area contributed by atoms with Crippen LogP contribution in [0.2, 0.25) is 0 Å². The molecule has 0 unspecified atom stereocenters. The van der Waals surface area contributed by atoms with Crippen LogP contribution in [0.4, 0.5) is 0 Å². The van der Waals surface area contributed by atoms with E-state index in [1.165, 1.54) is 92.2 Å². The largest absolute Gasteiger partial charge is 0.455 e. The maximum Gasteiger partial charge on any atom is 0.143 e. The molecule has 0 amide bonds. The second kappa shape index (κ2) is 12.2. The first-order valence-electron chi connectivity index (χ1n) is 20.1. The Morgan fingerprint density at radius 1 is 0.466 bits per heavy atom. The third-order valence-electron chi connectivity index (χ3n) is 12.4. The van der Waals surface area contributed by atoms with Gasteiger partial charge < -0.3 is 13.6 Å². The predicted molar refractivity (Wildman–Crippen MR) is 246 cm³/mol. The summed E-state index contributed by atoms with van der Waals surface area (Å²) in [6, 6.07) is 62.1. The quantitative estimate of drug-likeness (QED) is 0.175. The highest BCUT2D eigenvalue weighted by atomic mass is 32.1. The topological polar surface area (TPSA) is 23.0 Å². The Balaban J connectivity index is 1.12. The van der Waals surface area contributed by atoms with E-state index in [4.69, 9.17) is 4.42 Å². The Labute approximate surface area is 337 Å². The minimum Gasteiger partial charge on any atom is -0.455 e. The van der Waals surface area contributed by atoms with Crippen LogP contribution in [-0.4, -0.2) is 9.13 Å². The van der Waals surface area contributed by atoms with E-state index in [2.05, 4.69) is 191 Å². The number of hydrogen-bond donors (Lipinski definition) is 0. The third-order valence-corrected chi connectivity index (χ3v) is 13.6. The molecule has 0 spiro atoms. The average molecular weight is 759 g/mol. The highest BCUT2D eigenvalue weighted by molar-refractivity contribution is 7.26. The fourth-order valence-corrected chi connectivity index (χ4v) is 11.2. The number of thiophene rings is 1. The first-order chi connectivity index (χ1) is 28.8. The van der Waals surface area contributed by atoms with Gasteiger partial charge in [0.15, 0.2) is 0 Å². The first-order valence-corrected chi connectivity index (χ1v) is 20.9. The van der Waals surface area contributed by atoms with Crippen molar-refractivity contribution >= 4 is 92.2 Å². The lowest BCUT2D eigenvalue weighted by atomic mass is 9.93. The molecule has 12 aromatic rings. The van der Waals surface area contributed by atoms with Crippen LogP contribution in [0.5, 0.6) is 0 Å². The van der Waals surface area contributed by atoms with Crippen LogP contribution in [-0.2, 0) is 6.42 Å². The van der Waals surface area contributed by atoms with Crippen molar-refractivity contribution < 1.29 is 4.42 Å². The summed E-state index contributed by atoms with van der Waals surface area (Å²) < 4.78 is 14.3. The number of benzene rings is 8. The maximum absolute atomic E-state index is 6.70. The molecule has 0 fully saturated rings. The van der Waals surface area contributed by atoms with Gasteiger partial charge in [-0.2, -0.15) is 0 Å². The molecular weight excluding hydrogens is 725 g/mol. The van der Waals surface area contributed by atoms with Gasteiger partial charge in [-0.25, -0.2) is 0 Å². The summed E-state index contributed by atoms with van der Waals surface area (Å²) in [7, 11) is 0. The number of allylic oxidation sites excluding steroid dienone is 1. The van der Waals surface area contributed by atoms with Crippen LogP contribution in [0.15, 0.2) is 180 Å². The lowest BCUT2D eigenvalue weighted by molar-refractivity contribution is 0.670. The summed E-state index contributed by atoms with van der Waals surface area (Å²) in [6.07, 6.45) is 6.71. The van der Waals surface area contributed by atoms with Gasteiger partial charge in [0.2, 0.25) is 0 Å². The van der Waals surface area contributed by atoms with Crippen LogP contribution in [0.3, 0.4) is 0 Å². The van der Waals surface area contributed by atoms with Crippen molar-refractivity contribution in [2.75, 3.05) is 0 Å². The lowest BCUT2D eigenvalue weighted by Gasteiger charge is -2.16. The molecule has 0 N–H and O–H groups in total. The number of nitrogens with zero attached hydrogens (tertiary/aromatic N) is 2. The van der Waals surface area contributed by atoms with Gasteiger partial charge in [-0.15, -0.1) is 11.3 Å². The first kappa shape index (κ1) is 32.0. The van der Waals surface area contributed by atoms with Gasteiger partial charge in [0, 0.05) is 80.9 Å². The molecule has 272 valence electrons. The number of furan rings is 1. The summed E-state index contributed by atoms with van der Waals surface area (Å²) >= 11 is 1.87. The molecule has 1 aliphatic rings. The summed E-state index contributed by atoms with van der Waals surface area (Å²) in [5, 5.41) is 8.70. The van der Waals surface area contributed by atoms with Crippen molar-refractivity contribution in [3.8, 4) is 33.6 Å². The molecule has 13 rings (SSSR count). The number of hydrogen-bond acceptors (Lipinski definition) is 2. The van der Waals surface area contributed by atoms with E-state index in [0.29, 0.717) is 0 Å². The summed E-state index contributed by atoms with van der Waals surface area (Å²) in [5.74, 6) is 0. The zero-order valence-corrected chi connectivity index (χ0v) is 32.3. The minimum atomic E-state index is 0.917. The highest BCUT2D eigenvalue weighted by Gasteiger charge is 2.25. The van der Waals surface area contributed by atoms with Crippen molar-refractivity contribution in [3.63, 3.8) is 0 Å². The molecule has 3 nitrogen and oxygen atoms in total. The van der Waals surface area contributed by atoms with Crippen LogP contribution in [0, 0.1) is 0 Å². The number of para-hydroxylation sites is 4. The van der Waals surface area contributed by atoms with E-state index in [9.17, 15) is 0 Å². The van der Waals surface area contributed by atoms with Crippen molar-refractivity contribution in [1.82, 2.24) is 9.13 Å². The van der Waals surface area contributed by atoms with Gasteiger partial charge >= 0.3 is 0 Å².